The van der Waals surface area contributed by atoms with Crippen molar-refractivity contribution in [1.82, 2.24) is 0 Å². The smallest absolute Gasteiger partial charge is 0.201 e. The van der Waals surface area contributed by atoms with Gasteiger partial charge in [0.2, 0.25) is 28.5 Å². The van der Waals surface area contributed by atoms with E-state index in [1.807, 2.05) is 56.7 Å². The van der Waals surface area contributed by atoms with Crippen LogP contribution in [0.2, 0.25) is 0 Å². The molecule has 0 fully saturated rings. The summed E-state index contributed by atoms with van der Waals surface area (Å²) in [5.74, 6) is -4.00. The Labute approximate surface area is 583 Å². The Bertz CT molecular complexity index is 4860. The standard InChI is InChI=1S/C19H26N.2C18H24N.C17H22N.C15H18N/c1-13(2)16-7-9-18(15(5)11-16)19-10-8-17(14(3)4)12-20(19)6;1-12(2)16-7-8-17(14(4)9-16)18-10-13(3)15(5)11-19(18)6;1-12(2)17-10-18(19(6)11-15(17)5)16-8-7-13(3)9-14(16)4;1-12(2)16-11-18(5)17(10-14(16)4)15-9-7-6-8-13(15)3;1-11-7-5-6-8-14(11)15-9-12(2)13(3)10-16(15)4/h7-14H,1-6H3;2*7-12H,1-6H3;6-12H,1-5H3;5-10H,1-4H3/q5*+1/i1D3,3D3,13D,14D;1D3,5D3,12D;;;3D3. The van der Waals surface area contributed by atoms with Crippen LogP contribution in [0, 0.1) is 82.9 Å². The molecule has 0 aliphatic carbocycles. The lowest BCUT2D eigenvalue weighted by molar-refractivity contribution is -0.661. The Morgan fingerprint density at radius 3 is 1.05 bits per heavy atom. The third-order valence-electron chi connectivity index (χ3n) is 17.2. The highest BCUT2D eigenvalue weighted by molar-refractivity contribution is 5.66. The fraction of sp³-hybridized carbons (Fsp3) is 0.368. The fourth-order valence-electron chi connectivity index (χ4n) is 11.7. The zero-order chi connectivity index (χ0) is 83.4. The molecule has 5 heterocycles. The van der Waals surface area contributed by atoms with E-state index >= 15 is 0 Å². The highest BCUT2D eigenvalue weighted by Gasteiger charge is 2.21. The van der Waals surface area contributed by atoms with Crippen LogP contribution in [-0.2, 0) is 35.2 Å². The van der Waals surface area contributed by atoms with E-state index in [-0.39, 0.29) is 0 Å². The molecule has 3 unspecified atom stereocenters. The molecule has 0 saturated carbocycles. The van der Waals surface area contributed by atoms with Crippen LogP contribution in [0.5, 0.6) is 0 Å². The van der Waals surface area contributed by atoms with Gasteiger partial charge in [-0.1, -0.05) is 147 Å². The molecular formula is C87H114N5+5. The molecule has 10 aromatic rings. The molecule has 5 aromatic heterocycles. The predicted octanol–water partition coefficient (Wildman–Crippen LogP) is 20.2. The lowest BCUT2D eigenvalue weighted by atomic mass is 9.95. The number of hydrogen-bond acceptors (Lipinski definition) is 0. The van der Waals surface area contributed by atoms with Crippen molar-refractivity contribution < 1.29 is 47.5 Å². The van der Waals surface area contributed by atoms with Crippen LogP contribution in [0.15, 0.2) is 171 Å². The zero-order valence-electron chi connectivity index (χ0n) is 77.1. The van der Waals surface area contributed by atoms with E-state index in [0.717, 1.165) is 50.5 Å². The average molecular weight is 1250 g/mol. The van der Waals surface area contributed by atoms with Gasteiger partial charge in [0.15, 0.2) is 31.0 Å². The summed E-state index contributed by atoms with van der Waals surface area (Å²) in [6.07, 6.45) is 9.47. The number of hydrogen-bond donors (Lipinski definition) is 0. The van der Waals surface area contributed by atoms with E-state index in [1.54, 1.807) is 97.3 Å². The van der Waals surface area contributed by atoms with E-state index < -0.39 is 51.9 Å². The largest absolute Gasteiger partial charge is 0.212 e. The highest BCUT2D eigenvalue weighted by Crippen LogP contribution is 2.31. The van der Waals surface area contributed by atoms with Gasteiger partial charge in [0.1, 0.15) is 35.2 Å². The average Bonchev–Trinajstić information content (AvgIpc) is 0.774. The maximum absolute atomic E-state index is 8.25. The van der Waals surface area contributed by atoms with Crippen molar-refractivity contribution >= 4 is 0 Å². The molecule has 0 spiro atoms. The minimum atomic E-state index is -2.45. The van der Waals surface area contributed by atoms with Crippen LogP contribution in [0.25, 0.3) is 56.3 Å². The maximum atomic E-state index is 8.25. The van der Waals surface area contributed by atoms with Crippen molar-refractivity contribution in [1.29, 1.82) is 0 Å². The van der Waals surface area contributed by atoms with E-state index in [9.17, 15) is 0 Å². The van der Waals surface area contributed by atoms with Crippen molar-refractivity contribution in [3.63, 3.8) is 0 Å². The predicted molar refractivity (Wildman–Crippen MR) is 393 cm³/mol. The molecule has 0 saturated heterocycles. The van der Waals surface area contributed by atoms with Gasteiger partial charge < -0.3 is 0 Å². The molecule has 0 radical (unpaired) electrons. The van der Waals surface area contributed by atoms with Crippen molar-refractivity contribution in [3.8, 4) is 56.3 Å². The number of aryl methyl sites for hydroxylation is 17. The third kappa shape index (κ3) is 18.5. The molecule has 10 rings (SSSR count). The molecule has 5 aromatic carbocycles. The van der Waals surface area contributed by atoms with Gasteiger partial charge in [0.05, 0.1) is 0 Å². The molecule has 5 nitrogen and oxygen atoms in total. The van der Waals surface area contributed by atoms with Gasteiger partial charge in [-0.25, -0.2) is 22.8 Å². The molecule has 482 valence electrons. The normalized spacial score (nSPS) is 16.5. The minimum absolute atomic E-state index is 0.305. The van der Waals surface area contributed by atoms with Gasteiger partial charge in [-0.15, -0.1) is 0 Å². The Hall–Kier alpha value is -8.15. The van der Waals surface area contributed by atoms with Crippen LogP contribution in [-0.4, -0.2) is 0 Å². The van der Waals surface area contributed by atoms with Crippen molar-refractivity contribution in [2.24, 2.45) is 35.2 Å². The second-order valence-corrected chi connectivity index (χ2v) is 25.7. The van der Waals surface area contributed by atoms with Crippen LogP contribution in [0.4, 0.5) is 0 Å². The number of nitrogens with zero attached hydrogens (tertiary/aromatic N) is 5. The van der Waals surface area contributed by atoms with Gasteiger partial charge in [0, 0.05) is 111 Å². The summed E-state index contributed by atoms with van der Waals surface area (Å²) in [5.41, 5.74) is 26.6. The summed E-state index contributed by atoms with van der Waals surface area (Å²) in [7, 11) is 9.71. The number of benzene rings is 5. The van der Waals surface area contributed by atoms with E-state index in [2.05, 4.69) is 172 Å². The first-order valence-electron chi connectivity index (χ1n) is 40.8. The van der Waals surface area contributed by atoms with Crippen LogP contribution >= 0.6 is 0 Å². The number of pyridine rings is 5. The molecular weight excluding hydrogens is 1110 g/mol. The molecule has 0 bridgehead atoms. The first-order valence-corrected chi connectivity index (χ1v) is 31.8. The Balaban J connectivity index is 0.000000217. The number of aromatic nitrogens is 5. The molecule has 92 heavy (non-hydrogen) atoms. The molecule has 5 heteroatoms. The second kappa shape index (κ2) is 32.4. The van der Waals surface area contributed by atoms with Crippen molar-refractivity contribution in [3.05, 3.63) is 265 Å². The summed E-state index contributed by atoms with van der Waals surface area (Å²) in [6.45, 7) is 21.9. The Morgan fingerprint density at radius 2 is 0.641 bits per heavy atom. The highest BCUT2D eigenvalue weighted by atomic mass is 14.9. The molecule has 0 aliphatic rings. The number of rotatable bonds is 10. The van der Waals surface area contributed by atoms with Crippen molar-refractivity contribution in [2.75, 3.05) is 0 Å². The summed E-state index contributed by atoms with van der Waals surface area (Å²) in [6, 6.07) is 45.5. The minimum Gasteiger partial charge on any atom is -0.201 e. The topological polar surface area (TPSA) is 19.4 Å². The lowest BCUT2D eigenvalue weighted by Crippen LogP contribution is -2.32. The summed E-state index contributed by atoms with van der Waals surface area (Å²) in [4.78, 5) is 0. The van der Waals surface area contributed by atoms with Crippen LogP contribution < -0.4 is 22.8 Å². The summed E-state index contributed by atoms with van der Waals surface area (Å²) < 4.78 is 149. The maximum Gasteiger partial charge on any atom is 0.212 e. The van der Waals surface area contributed by atoms with Gasteiger partial charge in [-0.3, -0.25) is 0 Å². The van der Waals surface area contributed by atoms with Crippen LogP contribution in [0.3, 0.4) is 0 Å². The van der Waals surface area contributed by atoms with E-state index in [1.165, 1.54) is 87.8 Å². The SMILES string of the molecule is Cc1ccc(-c2cc(C(C)C)c(C)c[n+]2C)c(C)c1.Cc1ccccc1-c1cc(C)c(C(C)C)c[n+]1C.[2H]C([2H])([2H])C([2H])(C)c1ccc(-c2ccc(C([2H])(C)C([2H])([2H])[2H])c[n+]2C)c(C)c1.[2H]C([2H])([2H])c1c[n+](C)c(-c2ccc(C([2H])(C)C([2H])([2H])[2H])cc2C)cc1C.[2H]C([2H])([2H])c1c[n+](C)c(-c2ccccc2C)cc1C. The first kappa shape index (κ1) is 50.4. The van der Waals surface area contributed by atoms with Gasteiger partial charge >= 0.3 is 0 Å². The summed E-state index contributed by atoms with van der Waals surface area (Å²) in [5, 5.41) is 0. The molecule has 3 atom stereocenters. The van der Waals surface area contributed by atoms with Gasteiger partial charge in [-0.2, -0.15) is 0 Å². The molecule has 0 aliphatic heterocycles. The van der Waals surface area contributed by atoms with E-state index in [4.69, 9.17) is 24.7 Å². The van der Waals surface area contributed by atoms with Gasteiger partial charge in [0.25, 0.3) is 0 Å². The lowest BCUT2D eigenvalue weighted by Gasteiger charge is -2.12. The second-order valence-electron chi connectivity index (χ2n) is 25.7. The van der Waals surface area contributed by atoms with Crippen LogP contribution in [0.1, 0.15) is 218 Å². The first-order chi connectivity index (χ1) is 50.4. The van der Waals surface area contributed by atoms with Gasteiger partial charge in [-0.05, 0) is 210 Å². The molecule has 0 N–H and O–H groups in total. The van der Waals surface area contributed by atoms with Crippen molar-refractivity contribution in [2.45, 2.75) is 181 Å². The molecule has 0 amide bonds. The summed E-state index contributed by atoms with van der Waals surface area (Å²) >= 11 is 0. The third-order valence-corrected chi connectivity index (χ3v) is 17.2. The fourth-order valence-corrected chi connectivity index (χ4v) is 11.7. The monoisotopic (exact) mass is 1250 g/mol. The Morgan fingerprint density at radius 1 is 0.283 bits per heavy atom. The Kier molecular flexibility index (Phi) is 17.8. The quantitative estimate of drug-likeness (QED) is 0.122. The van der Waals surface area contributed by atoms with E-state index in [0.29, 0.717) is 45.2 Å². The zero-order valence-corrected chi connectivity index (χ0v) is 59.1.